The SMILES string of the molecule is CCn1ncc(C(=O)N2CCC(N(CCc3noc(C4CCC4)n3)C(C)=O)C2)c1C. The van der Waals surface area contributed by atoms with Crippen LogP contribution in [0.2, 0.25) is 0 Å². The van der Waals surface area contributed by atoms with Crippen molar-refractivity contribution in [1.82, 2.24) is 29.7 Å². The molecule has 30 heavy (non-hydrogen) atoms. The number of nitrogens with zero attached hydrogens (tertiary/aromatic N) is 6. The van der Waals surface area contributed by atoms with Crippen LogP contribution < -0.4 is 0 Å². The number of carbonyl (C=O) groups is 2. The van der Waals surface area contributed by atoms with Crippen LogP contribution >= 0.6 is 0 Å². The lowest BCUT2D eigenvalue weighted by Crippen LogP contribution is -2.42. The van der Waals surface area contributed by atoms with Gasteiger partial charge >= 0.3 is 0 Å². The molecule has 0 radical (unpaired) electrons. The van der Waals surface area contributed by atoms with E-state index in [2.05, 4.69) is 15.2 Å². The van der Waals surface area contributed by atoms with Crippen LogP contribution in [-0.4, -0.2) is 67.2 Å². The predicted molar refractivity (Wildman–Crippen MR) is 109 cm³/mol. The molecule has 2 fully saturated rings. The van der Waals surface area contributed by atoms with E-state index in [1.165, 1.54) is 6.42 Å². The van der Waals surface area contributed by atoms with Crippen molar-refractivity contribution in [1.29, 1.82) is 0 Å². The van der Waals surface area contributed by atoms with Crippen molar-refractivity contribution in [3.05, 3.63) is 29.2 Å². The first-order chi connectivity index (χ1) is 14.5. The Kier molecular flexibility index (Phi) is 5.87. The minimum absolute atomic E-state index is 0.00554. The highest BCUT2D eigenvalue weighted by Gasteiger charge is 2.33. The Morgan fingerprint density at radius 2 is 2.10 bits per heavy atom. The fourth-order valence-corrected chi connectivity index (χ4v) is 4.33. The van der Waals surface area contributed by atoms with Crippen LogP contribution in [0.4, 0.5) is 0 Å². The van der Waals surface area contributed by atoms with Crippen molar-refractivity contribution in [3.63, 3.8) is 0 Å². The molecule has 0 N–H and O–H groups in total. The second kappa shape index (κ2) is 8.57. The molecular formula is C21H30N6O3. The van der Waals surface area contributed by atoms with E-state index in [0.717, 1.165) is 37.4 Å². The molecule has 0 bridgehead atoms. The van der Waals surface area contributed by atoms with Gasteiger partial charge in [-0.25, -0.2) is 0 Å². The molecule has 9 heteroatoms. The predicted octanol–water partition coefficient (Wildman–Crippen LogP) is 2.17. The van der Waals surface area contributed by atoms with Gasteiger partial charge < -0.3 is 14.3 Å². The summed E-state index contributed by atoms with van der Waals surface area (Å²) in [5.74, 6) is 1.78. The highest BCUT2D eigenvalue weighted by Crippen LogP contribution is 2.35. The fraction of sp³-hybridized carbons (Fsp3) is 0.667. The van der Waals surface area contributed by atoms with Crippen molar-refractivity contribution < 1.29 is 14.1 Å². The van der Waals surface area contributed by atoms with Gasteiger partial charge in [0.1, 0.15) is 0 Å². The monoisotopic (exact) mass is 414 g/mol. The van der Waals surface area contributed by atoms with Gasteiger partial charge in [-0.05, 0) is 33.1 Å². The molecule has 2 aromatic heterocycles. The first-order valence-electron chi connectivity index (χ1n) is 10.9. The summed E-state index contributed by atoms with van der Waals surface area (Å²) in [6.45, 7) is 7.94. The molecule has 1 unspecified atom stereocenters. The number of rotatable bonds is 7. The number of aromatic nitrogens is 4. The molecule has 1 saturated heterocycles. The molecule has 1 atom stereocenters. The fourth-order valence-electron chi connectivity index (χ4n) is 4.33. The molecule has 1 aliphatic carbocycles. The zero-order valence-electron chi connectivity index (χ0n) is 18.0. The van der Waals surface area contributed by atoms with Crippen LogP contribution in [0, 0.1) is 6.92 Å². The Morgan fingerprint density at radius 3 is 2.73 bits per heavy atom. The lowest BCUT2D eigenvalue weighted by Gasteiger charge is -2.27. The Hall–Kier alpha value is -2.71. The maximum atomic E-state index is 13.0. The topological polar surface area (TPSA) is 97.4 Å². The molecule has 1 saturated carbocycles. The zero-order valence-corrected chi connectivity index (χ0v) is 18.0. The van der Waals surface area contributed by atoms with Gasteiger partial charge in [-0.1, -0.05) is 11.6 Å². The van der Waals surface area contributed by atoms with Gasteiger partial charge in [0.05, 0.1) is 17.8 Å². The zero-order chi connectivity index (χ0) is 21.3. The number of likely N-dealkylation sites (tertiary alicyclic amines) is 1. The van der Waals surface area contributed by atoms with Gasteiger partial charge in [0.25, 0.3) is 5.91 Å². The molecule has 4 rings (SSSR count). The van der Waals surface area contributed by atoms with Crippen LogP contribution in [-0.2, 0) is 17.8 Å². The van der Waals surface area contributed by atoms with Crippen molar-refractivity contribution in [2.75, 3.05) is 19.6 Å². The summed E-state index contributed by atoms with van der Waals surface area (Å²) >= 11 is 0. The highest BCUT2D eigenvalue weighted by atomic mass is 16.5. The third-order valence-corrected chi connectivity index (χ3v) is 6.44. The summed E-state index contributed by atoms with van der Waals surface area (Å²) in [5, 5.41) is 8.36. The van der Waals surface area contributed by atoms with E-state index in [1.54, 1.807) is 13.1 Å². The maximum absolute atomic E-state index is 13.0. The van der Waals surface area contributed by atoms with Gasteiger partial charge in [0.15, 0.2) is 5.82 Å². The molecular weight excluding hydrogens is 384 g/mol. The number of hydrogen-bond acceptors (Lipinski definition) is 6. The number of carbonyl (C=O) groups excluding carboxylic acids is 2. The smallest absolute Gasteiger partial charge is 0.257 e. The van der Waals surface area contributed by atoms with Crippen LogP contribution in [0.1, 0.15) is 73.2 Å². The van der Waals surface area contributed by atoms with Crippen LogP contribution in [0.5, 0.6) is 0 Å². The quantitative estimate of drug-likeness (QED) is 0.689. The molecule has 0 aromatic carbocycles. The average Bonchev–Trinajstić information content (AvgIpc) is 3.40. The van der Waals surface area contributed by atoms with E-state index in [0.29, 0.717) is 43.4 Å². The minimum atomic E-state index is -0.0125. The Labute approximate surface area is 176 Å². The van der Waals surface area contributed by atoms with E-state index in [4.69, 9.17) is 4.52 Å². The van der Waals surface area contributed by atoms with Crippen LogP contribution in [0.25, 0.3) is 0 Å². The van der Waals surface area contributed by atoms with Crippen LogP contribution in [0.3, 0.4) is 0 Å². The summed E-state index contributed by atoms with van der Waals surface area (Å²) in [5.41, 5.74) is 1.52. The average molecular weight is 415 g/mol. The summed E-state index contributed by atoms with van der Waals surface area (Å²) in [7, 11) is 0. The first-order valence-corrected chi connectivity index (χ1v) is 10.9. The minimum Gasteiger partial charge on any atom is -0.339 e. The normalized spacial score (nSPS) is 19.2. The van der Waals surface area contributed by atoms with Gasteiger partial charge in [0.2, 0.25) is 11.8 Å². The Bertz CT molecular complexity index is 916. The molecule has 2 aromatic rings. The highest BCUT2D eigenvalue weighted by molar-refractivity contribution is 5.95. The summed E-state index contributed by atoms with van der Waals surface area (Å²) < 4.78 is 7.21. The third-order valence-electron chi connectivity index (χ3n) is 6.44. The Balaban J connectivity index is 1.36. The standard InChI is InChI=1S/C21H30N6O3/c1-4-27-14(2)18(12-22-27)21(29)25-10-8-17(13-25)26(15(3)28)11-9-19-23-20(30-24-19)16-6-5-7-16/h12,16-17H,4-11,13H2,1-3H3. The molecule has 2 amide bonds. The van der Waals surface area contributed by atoms with Crippen molar-refractivity contribution in [2.45, 2.75) is 71.4 Å². The van der Waals surface area contributed by atoms with Crippen molar-refractivity contribution in [3.8, 4) is 0 Å². The molecule has 2 aliphatic rings. The number of hydrogen-bond donors (Lipinski definition) is 0. The second-order valence-electron chi connectivity index (χ2n) is 8.29. The van der Waals surface area contributed by atoms with Crippen molar-refractivity contribution in [2.24, 2.45) is 0 Å². The van der Waals surface area contributed by atoms with Crippen LogP contribution in [0.15, 0.2) is 10.7 Å². The largest absolute Gasteiger partial charge is 0.339 e. The molecule has 0 spiro atoms. The summed E-state index contributed by atoms with van der Waals surface area (Å²) in [6.07, 6.45) is 6.42. The van der Waals surface area contributed by atoms with Gasteiger partial charge in [-0.15, -0.1) is 0 Å². The molecule has 3 heterocycles. The van der Waals surface area contributed by atoms with E-state index < -0.39 is 0 Å². The van der Waals surface area contributed by atoms with E-state index >= 15 is 0 Å². The molecule has 162 valence electrons. The maximum Gasteiger partial charge on any atom is 0.257 e. The number of amides is 2. The first kappa shape index (κ1) is 20.6. The summed E-state index contributed by atoms with van der Waals surface area (Å²) in [4.78, 5) is 33.4. The molecule has 1 aliphatic heterocycles. The van der Waals surface area contributed by atoms with Gasteiger partial charge in [-0.3, -0.25) is 14.3 Å². The van der Waals surface area contributed by atoms with E-state index in [9.17, 15) is 9.59 Å². The van der Waals surface area contributed by atoms with Crippen molar-refractivity contribution >= 4 is 11.8 Å². The lowest BCUT2D eigenvalue weighted by molar-refractivity contribution is -0.130. The molecule has 9 nitrogen and oxygen atoms in total. The van der Waals surface area contributed by atoms with E-state index in [1.807, 2.05) is 28.3 Å². The summed E-state index contributed by atoms with van der Waals surface area (Å²) in [6, 6.07) is 0.00554. The second-order valence-corrected chi connectivity index (χ2v) is 8.29. The number of aryl methyl sites for hydroxylation is 1. The van der Waals surface area contributed by atoms with E-state index in [-0.39, 0.29) is 17.9 Å². The Morgan fingerprint density at radius 1 is 1.30 bits per heavy atom. The third kappa shape index (κ3) is 3.97. The van der Waals surface area contributed by atoms with Gasteiger partial charge in [-0.2, -0.15) is 10.1 Å². The lowest BCUT2D eigenvalue weighted by atomic mass is 9.85. The van der Waals surface area contributed by atoms with Gasteiger partial charge in [0, 0.05) is 51.1 Å².